The second-order valence-electron chi connectivity index (χ2n) is 4.36. The number of nitrogens with one attached hydrogen (secondary N) is 2. The van der Waals surface area contributed by atoms with Crippen LogP contribution in [0.4, 0.5) is 0 Å². The minimum atomic E-state index is 0.644. The first-order valence-corrected chi connectivity index (χ1v) is 5.74. The van der Waals surface area contributed by atoms with Crippen LogP contribution in [-0.2, 0) is 19.3 Å². The van der Waals surface area contributed by atoms with Crippen molar-refractivity contribution in [1.29, 1.82) is 0 Å². The van der Waals surface area contributed by atoms with Gasteiger partial charge in [-0.1, -0.05) is 0 Å². The van der Waals surface area contributed by atoms with Gasteiger partial charge in [-0.25, -0.2) is 4.98 Å². The van der Waals surface area contributed by atoms with Crippen LogP contribution in [0.15, 0.2) is 6.20 Å². The lowest BCUT2D eigenvalue weighted by Crippen LogP contribution is -2.04. The summed E-state index contributed by atoms with van der Waals surface area (Å²) in [5.74, 6) is 1.01. The van der Waals surface area contributed by atoms with Crippen molar-refractivity contribution in [2.75, 3.05) is 6.54 Å². The molecule has 0 atom stereocenters. The van der Waals surface area contributed by atoms with Crippen LogP contribution in [0.5, 0.6) is 0 Å². The van der Waals surface area contributed by atoms with Crippen LogP contribution in [0.25, 0.3) is 11.3 Å². The van der Waals surface area contributed by atoms with E-state index >= 15 is 0 Å². The highest BCUT2D eigenvalue weighted by Gasteiger charge is 2.22. The molecule has 0 unspecified atom stereocenters. The molecule has 0 radical (unpaired) electrons. The second-order valence-corrected chi connectivity index (χ2v) is 4.36. The molecule has 3 rings (SSSR count). The molecule has 4 heteroatoms. The van der Waals surface area contributed by atoms with Crippen LogP contribution >= 0.6 is 0 Å². The van der Waals surface area contributed by atoms with E-state index in [0.717, 1.165) is 30.8 Å². The van der Waals surface area contributed by atoms with Gasteiger partial charge in [-0.15, -0.1) is 0 Å². The first kappa shape index (κ1) is 9.66. The molecule has 0 saturated carbocycles. The number of imidazole rings is 1. The van der Waals surface area contributed by atoms with Gasteiger partial charge in [0.15, 0.2) is 0 Å². The van der Waals surface area contributed by atoms with Crippen molar-refractivity contribution in [1.82, 2.24) is 15.0 Å². The average Bonchev–Trinajstić information content (AvgIpc) is 2.82. The second kappa shape index (κ2) is 3.49. The van der Waals surface area contributed by atoms with Gasteiger partial charge >= 0.3 is 0 Å². The van der Waals surface area contributed by atoms with Crippen molar-refractivity contribution in [2.45, 2.75) is 26.2 Å². The zero-order valence-electron chi connectivity index (χ0n) is 9.43. The van der Waals surface area contributed by atoms with Gasteiger partial charge in [0.05, 0.1) is 5.69 Å². The number of aryl methyl sites for hydroxylation is 3. The van der Waals surface area contributed by atoms with Crippen LogP contribution < -0.4 is 5.73 Å². The largest absolute Gasteiger partial charge is 0.364 e. The van der Waals surface area contributed by atoms with Gasteiger partial charge in [0, 0.05) is 29.6 Å². The summed E-state index contributed by atoms with van der Waals surface area (Å²) in [6.07, 6.45) is 5.07. The molecule has 0 amide bonds. The highest BCUT2D eigenvalue weighted by atomic mass is 14.9. The lowest BCUT2D eigenvalue weighted by molar-refractivity contribution is 0.870. The third kappa shape index (κ3) is 1.30. The van der Waals surface area contributed by atoms with Gasteiger partial charge in [-0.05, 0) is 31.9 Å². The molecular weight excluding hydrogens is 200 g/mol. The lowest BCUT2D eigenvalue weighted by Gasteiger charge is -2.11. The molecule has 0 aromatic carbocycles. The Labute approximate surface area is 94.3 Å². The molecule has 4 nitrogen and oxygen atoms in total. The van der Waals surface area contributed by atoms with Crippen LogP contribution in [0.3, 0.4) is 0 Å². The van der Waals surface area contributed by atoms with E-state index in [1.165, 1.54) is 22.5 Å². The SMILES string of the molecule is Cc1[nH]cc2c1-c1nc(CCN)[nH]c1CC2. The standard InChI is InChI=1S/C12H16N4/c1-7-11-8(6-14-7)2-3-9-12(11)16-10(15-9)4-5-13/h6,14H,2-5,13H2,1H3,(H,15,16). The number of fused-ring (bicyclic) bond motifs is 3. The highest BCUT2D eigenvalue weighted by molar-refractivity contribution is 5.71. The molecule has 2 aromatic rings. The fourth-order valence-electron chi connectivity index (χ4n) is 2.47. The topological polar surface area (TPSA) is 70.5 Å². The number of nitrogens with two attached hydrogens (primary N) is 1. The Morgan fingerprint density at radius 2 is 2.31 bits per heavy atom. The predicted octanol–water partition coefficient (Wildman–Crippen LogP) is 1.31. The Kier molecular flexibility index (Phi) is 2.11. The predicted molar refractivity (Wildman–Crippen MR) is 63.3 cm³/mol. The third-order valence-corrected chi connectivity index (χ3v) is 3.25. The molecule has 2 aromatic heterocycles. The number of nitrogens with zero attached hydrogens (tertiary/aromatic N) is 1. The number of hydrogen-bond acceptors (Lipinski definition) is 2. The Hall–Kier alpha value is -1.55. The van der Waals surface area contributed by atoms with Gasteiger partial charge in [0.1, 0.15) is 5.82 Å². The van der Waals surface area contributed by atoms with Gasteiger partial charge in [0.25, 0.3) is 0 Å². The summed E-state index contributed by atoms with van der Waals surface area (Å²) in [5.41, 5.74) is 11.8. The van der Waals surface area contributed by atoms with Gasteiger partial charge in [-0.3, -0.25) is 0 Å². The summed E-state index contributed by atoms with van der Waals surface area (Å²) in [7, 11) is 0. The van der Waals surface area contributed by atoms with Gasteiger partial charge in [-0.2, -0.15) is 0 Å². The fourth-order valence-corrected chi connectivity index (χ4v) is 2.47. The summed E-state index contributed by atoms with van der Waals surface area (Å²) < 4.78 is 0. The molecule has 16 heavy (non-hydrogen) atoms. The van der Waals surface area contributed by atoms with Crippen LogP contribution in [0, 0.1) is 6.92 Å². The van der Waals surface area contributed by atoms with Crippen molar-refractivity contribution in [3.63, 3.8) is 0 Å². The maximum atomic E-state index is 5.56. The van der Waals surface area contributed by atoms with E-state index in [2.05, 4.69) is 28.1 Å². The quantitative estimate of drug-likeness (QED) is 0.708. The Bertz CT molecular complexity index is 521. The monoisotopic (exact) mass is 216 g/mol. The molecule has 84 valence electrons. The summed E-state index contributed by atoms with van der Waals surface area (Å²) in [5, 5.41) is 0. The summed E-state index contributed by atoms with van der Waals surface area (Å²) in [6, 6.07) is 0. The van der Waals surface area contributed by atoms with Crippen LogP contribution in [0.2, 0.25) is 0 Å². The van der Waals surface area contributed by atoms with E-state index in [0.29, 0.717) is 6.54 Å². The third-order valence-electron chi connectivity index (χ3n) is 3.25. The van der Waals surface area contributed by atoms with E-state index in [1.54, 1.807) is 0 Å². The number of aromatic amines is 2. The van der Waals surface area contributed by atoms with E-state index in [-0.39, 0.29) is 0 Å². The van der Waals surface area contributed by atoms with Crippen molar-refractivity contribution in [3.8, 4) is 11.3 Å². The van der Waals surface area contributed by atoms with Crippen LogP contribution in [-0.4, -0.2) is 21.5 Å². The lowest BCUT2D eigenvalue weighted by atomic mass is 9.95. The Morgan fingerprint density at radius 3 is 3.12 bits per heavy atom. The molecule has 0 bridgehead atoms. The summed E-state index contributed by atoms with van der Waals surface area (Å²) in [4.78, 5) is 11.3. The number of hydrogen-bond donors (Lipinski definition) is 3. The van der Waals surface area contributed by atoms with Crippen LogP contribution in [0.1, 0.15) is 22.8 Å². The Morgan fingerprint density at radius 1 is 1.44 bits per heavy atom. The van der Waals surface area contributed by atoms with E-state index < -0.39 is 0 Å². The molecule has 0 aliphatic heterocycles. The van der Waals surface area contributed by atoms with Gasteiger partial charge in [0.2, 0.25) is 0 Å². The minimum Gasteiger partial charge on any atom is -0.364 e. The zero-order valence-corrected chi connectivity index (χ0v) is 9.43. The molecule has 4 N–H and O–H groups in total. The molecule has 2 heterocycles. The smallest absolute Gasteiger partial charge is 0.108 e. The molecule has 0 fully saturated rings. The molecule has 0 saturated heterocycles. The maximum Gasteiger partial charge on any atom is 0.108 e. The summed E-state index contributed by atoms with van der Waals surface area (Å²) >= 11 is 0. The molecule has 1 aliphatic rings. The average molecular weight is 216 g/mol. The van der Waals surface area contributed by atoms with Gasteiger partial charge < -0.3 is 15.7 Å². The van der Waals surface area contributed by atoms with Crippen molar-refractivity contribution >= 4 is 0 Å². The molecule has 1 aliphatic carbocycles. The number of aromatic nitrogens is 3. The van der Waals surface area contributed by atoms with Crippen molar-refractivity contribution in [2.24, 2.45) is 5.73 Å². The fraction of sp³-hybridized carbons (Fsp3) is 0.417. The minimum absolute atomic E-state index is 0.644. The normalized spacial score (nSPS) is 13.6. The molecule has 0 spiro atoms. The van der Waals surface area contributed by atoms with E-state index in [4.69, 9.17) is 5.73 Å². The zero-order chi connectivity index (χ0) is 11.1. The van der Waals surface area contributed by atoms with Crippen molar-refractivity contribution in [3.05, 3.63) is 29.0 Å². The Balaban J connectivity index is 2.12. The number of H-pyrrole nitrogens is 2. The summed E-state index contributed by atoms with van der Waals surface area (Å²) in [6.45, 7) is 2.75. The van der Waals surface area contributed by atoms with E-state index in [9.17, 15) is 0 Å². The number of rotatable bonds is 2. The maximum absolute atomic E-state index is 5.56. The highest BCUT2D eigenvalue weighted by Crippen LogP contribution is 2.34. The van der Waals surface area contributed by atoms with E-state index in [1.807, 2.05) is 0 Å². The first-order valence-electron chi connectivity index (χ1n) is 5.74. The van der Waals surface area contributed by atoms with Crippen molar-refractivity contribution < 1.29 is 0 Å². The molecular formula is C12H16N4. The first-order chi connectivity index (χ1) is 7.79.